The standard InChI is InChI=1S/C8H12F3N3O3/c1-15-3-2-12-7-13-6(14-17-7)4-16-5-8(9,10)11/h2-5H2,1H3,(H,12,13,14). The summed E-state index contributed by atoms with van der Waals surface area (Å²) in [4.78, 5) is 3.76. The third kappa shape index (κ3) is 6.07. The van der Waals surface area contributed by atoms with Crippen LogP contribution in [0.1, 0.15) is 5.82 Å². The molecule has 0 radical (unpaired) electrons. The molecule has 6 nitrogen and oxygen atoms in total. The second-order valence-electron chi connectivity index (χ2n) is 3.04. The molecule has 1 aromatic rings. The molecule has 0 unspecified atom stereocenters. The Morgan fingerprint density at radius 1 is 1.41 bits per heavy atom. The third-order valence-electron chi connectivity index (χ3n) is 1.55. The highest BCUT2D eigenvalue weighted by Crippen LogP contribution is 2.15. The van der Waals surface area contributed by atoms with E-state index in [2.05, 4.69) is 20.2 Å². The van der Waals surface area contributed by atoms with Crippen LogP contribution in [-0.4, -0.2) is 43.2 Å². The van der Waals surface area contributed by atoms with E-state index < -0.39 is 12.8 Å². The number of methoxy groups -OCH3 is 1. The van der Waals surface area contributed by atoms with E-state index in [0.29, 0.717) is 13.2 Å². The quantitative estimate of drug-likeness (QED) is 0.738. The summed E-state index contributed by atoms with van der Waals surface area (Å²) in [5.41, 5.74) is 0. The van der Waals surface area contributed by atoms with Crippen molar-refractivity contribution in [2.24, 2.45) is 0 Å². The lowest BCUT2D eigenvalue weighted by atomic mass is 10.6. The minimum absolute atomic E-state index is 0.0502. The van der Waals surface area contributed by atoms with Gasteiger partial charge >= 0.3 is 12.2 Å². The fourth-order valence-electron chi connectivity index (χ4n) is 0.902. The molecule has 98 valence electrons. The molecular weight excluding hydrogens is 243 g/mol. The first-order valence-corrected chi connectivity index (χ1v) is 4.71. The van der Waals surface area contributed by atoms with Gasteiger partial charge in [0.1, 0.15) is 13.2 Å². The average Bonchev–Trinajstić information content (AvgIpc) is 2.64. The monoisotopic (exact) mass is 255 g/mol. The molecule has 17 heavy (non-hydrogen) atoms. The van der Waals surface area contributed by atoms with Gasteiger partial charge in [-0.2, -0.15) is 18.2 Å². The number of halogens is 3. The topological polar surface area (TPSA) is 69.4 Å². The van der Waals surface area contributed by atoms with Gasteiger partial charge in [0, 0.05) is 13.7 Å². The van der Waals surface area contributed by atoms with Crippen LogP contribution in [0.15, 0.2) is 4.52 Å². The molecule has 0 spiro atoms. The zero-order valence-corrected chi connectivity index (χ0v) is 9.08. The van der Waals surface area contributed by atoms with Gasteiger partial charge in [-0.3, -0.25) is 0 Å². The van der Waals surface area contributed by atoms with Crippen LogP contribution >= 0.6 is 0 Å². The molecule has 9 heteroatoms. The number of hydrogen-bond donors (Lipinski definition) is 1. The fraction of sp³-hybridized carbons (Fsp3) is 0.750. The van der Waals surface area contributed by atoms with Crippen LogP contribution in [0.4, 0.5) is 19.2 Å². The van der Waals surface area contributed by atoms with E-state index in [0.717, 1.165) is 0 Å². The minimum atomic E-state index is -4.36. The van der Waals surface area contributed by atoms with E-state index in [1.54, 1.807) is 0 Å². The smallest absolute Gasteiger partial charge is 0.383 e. The van der Waals surface area contributed by atoms with Crippen molar-refractivity contribution in [1.29, 1.82) is 0 Å². The maximum absolute atomic E-state index is 11.8. The lowest BCUT2D eigenvalue weighted by molar-refractivity contribution is -0.177. The molecular formula is C8H12F3N3O3. The fourth-order valence-corrected chi connectivity index (χ4v) is 0.902. The summed E-state index contributed by atoms with van der Waals surface area (Å²) in [5.74, 6) is 0.0502. The van der Waals surface area contributed by atoms with Gasteiger partial charge in [-0.1, -0.05) is 5.16 Å². The normalized spacial score (nSPS) is 11.8. The summed E-state index contributed by atoms with van der Waals surface area (Å²) in [6.07, 6.45) is -4.36. The van der Waals surface area contributed by atoms with Gasteiger partial charge in [-0.25, -0.2) is 0 Å². The maximum atomic E-state index is 11.8. The first-order chi connectivity index (χ1) is 8.01. The summed E-state index contributed by atoms with van der Waals surface area (Å²) in [6.45, 7) is -0.785. The lowest BCUT2D eigenvalue weighted by Gasteiger charge is -2.04. The highest BCUT2D eigenvalue weighted by atomic mass is 19.4. The van der Waals surface area contributed by atoms with E-state index >= 15 is 0 Å². The van der Waals surface area contributed by atoms with Crippen LogP contribution in [-0.2, 0) is 16.1 Å². The molecule has 0 atom stereocenters. The Kier molecular flexibility index (Phi) is 5.16. The van der Waals surface area contributed by atoms with E-state index in [4.69, 9.17) is 9.26 Å². The van der Waals surface area contributed by atoms with Gasteiger partial charge in [-0.05, 0) is 0 Å². The summed E-state index contributed by atoms with van der Waals surface area (Å²) in [5, 5.41) is 6.16. The zero-order valence-electron chi connectivity index (χ0n) is 9.08. The molecule has 1 heterocycles. The second-order valence-corrected chi connectivity index (χ2v) is 3.04. The average molecular weight is 255 g/mol. The van der Waals surface area contributed by atoms with Crippen LogP contribution < -0.4 is 5.32 Å². The number of hydrogen-bond acceptors (Lipinski definition) is 6. The first-order valence-electron chi connectivity index (χ1n) is 4.71. The Morgan fingerprint density at radius 3 is 2.82 bits per heavy atom. The summed E-state index contributed by atoms with van der Waals surface area (Å²) in [6, 6.07) is 0.118. The van der Waals surface area contributed by atoms with Gasteiger partial charge in [0.25, 0.3) is 0 Å². The zero-order chi connectivity index (χ0) is 12.7. The minimum Gasteiger partial charge on any atom is -0.383 e. The Balaban J connectivity index is 2.26. The largest absolute Gasteiger partial charge is 0.411 e. The summed E-state index contributed by atoms with van der Waals surface area (Å²) >= 11 is 0. The summed E-state index contributed by atoms with van der Waals surface area (Å²) in [7, 11) is 1.53. The number of aromatic nitrogens is 2. The molecule has 0 fully saturated rings. The van der Waals surface area contributed by atoms with Crippen molar-refractivity contribution < 1.29 is 27.2 Å². The molecule has 0 aliphatic rings. The molecule has 0 bridgehead atoms. The number of anilines is 1. The number of nitrogens with one attached hydrogen (secondary N) is 1. The van der Waals surface area contributed by atoms with Crippen LogP contribution in [0.25, 0.3) is 0 Å². The van der Waals surface area contributed by atoms with Crippen molar-refractivity contribution in [2.75, 3.05) is 32.2 Å². The third-order valence-corrected chi connectivity index (χ3v) is 1.55. The van der Waals surface area contributed by atoms with Crippen LogP contribution in [0.2, 0.25) is 0 Å². The van der Waals surface area contributed by atoms with E-state index in [-0.39, 0.29) is 18.4 Å². The number of nitrogens with zero attached hydrogens (tertiary/aromatic N) is 2. The maximum Gasteiger partial charge on any atom is 0.411 e. The molecule has 0 aliphatic carbocycles. The molecule has 1 N–H and O–H groups in total. The second kappa shape index (κ2) is 6.40. The Bertz CT molecular complexity index is 329. The SMILES string of the molecule is COCCNc1nc(COCC(F)(F)F)no1. The van der Waals surface area contributed by atoms with Crippen molar-refractivity contribution in [3.05, 3.63) is 5.82 Å². The predicted molar refractivity (Wildman–Crippen MR) is 50.4 cm³/mol. The van der Waals surface area contributed by atoms with Gasteiger partial charge in [-0.15, -0.1) is 0 Å². The van der Waals surface area contributed by atoms with E-state index in [1.807, 2.05) is 0 Å². The van der Waals surface area contributed by atoms with Crippen molar-refractivity contribution in [1.82, 2.24) is 10.1 Å². The van der Waals surface area contributed by atoms with Crippen molar-refractivity contribution in [2.45, 2.75) is 12.8 Å². The van der Waals surface area contributed by atoms with Crippen molar-refractivity contribution in [3.8, 4) is 0 Å². The lowest BCUT2D eigenvalue weighted by Crippen LogP contribution is -2.17. The molecule has 1 aromatic heterocycles. The molecule has 0 saturated carbocycles. The van der Waals surface area contributed by atoms with Gasteiger partial charge in [0.05, 0.1) is 6.61 Å². The molecule has 0 aliphatic heterocycles. The van der Waals surface area contributed by atoms with Gasteiger partial charge in [0.2, 0.25) is 0 Å². The molecule has 0 amide bonds. The Morgan fingerprint density at radius 2 is 2.18 bits per heavy atom. The number of rotatable bonds is 7. The highest BCUT2D eigenvalue weighted by Gasteiger charge is 2.27. The van der Waals surface area contributed by atoms with Crippen molar-refractivity contribution in [3.63, 3.8) is 0 Å². The van der Waals surface area contributed by atoms with Crippen LogP contribution in [0.5, 0.6) is 0 Å². The van der Waals surface area contributed by atoms with Crippen LogP contribution in [0, 0.1) is 0 Å². The number of alkyl halides is 3. The predicted octanol–water partition coefficient (Wildman–Crippen LogP) is 1.21. The van der Waals surface area contributed by atoms with Crippen molar-refractivity contribution >= 4 is 6.01 Å². The van der Waals surface area contributed by atoms with Gasteiger partial charge < -0.3 is 19.3 Å². The Labute approximate surface area is 95.1 Å². The first kappa shape index (κ1) is 13.7. The van der Waals surface area contributed by atoms with E-state index in [1.165, 1.54) is 7.11 Å². The Hall–Kier alpha value is -1.35. The van der Waals surface area contributed by atoms with Gasteiger partial charge in [0.15, 0.2) is 5.82 Å². The molecule has 1 rings (SSSR count). The summed E-state index contributed by atoms with van der Waals surface area (Å²) < 4.78 is 49.1. The molecule has 0 saturated heterocycles. The van der Waals surface area contributed by atoms with Crippen LogP contribution in [0.3, 0.4) is 0 Å². The molecule has 0 aromatic carbocycles. The van der Waals surface area contributed by atoms with E-state index in [9.17, 15) is 13.2 Å². The highest BCUT2D eigenvalue weighted by molar-refractivity contribution is 5.17. The number of ether oxygens (including phenoxy) is 2.